The fourth-order valence-electron chi connectivity index (χ4n) is 0.969. The molecule has 4 heteroatoms. The molecule has 0 spiro atoms. The number of carbonyl (C=O) groups is 2. The van der Waals surface area contributed by atoms with Gasteiger partial charge in [-0.2, -0.15) is 0 Å². The molecular formula is C9H7BrO3. The zero-order valence-corrected chi connectivity index (χ0v) is 8.46. The monoisotopic (exact) mass is 242 g/mol. The van der Waals surface area contributed by atoms with Crippen LogP contribution in [-0.4, -0.2) is 16.9 Å². The summed E-state index contributed by atoms with van der Waals surface area (Å²) in [5.74, 6) is -1.20. The van der Waals surface area contributed by atoms with Crippen molar-refractivity contribution < 1.29 is 14.7 Å². The van der Waals surface area contributed by atoms with Crippen molar-refractivity contribution in [2.75, 3.05) is 0 Å². The Labute approximate surface area is 83.5 Å². The van der Waals surface area contributed by atoms with Gasteiger partial charge in [0, 0.05) is 10.0 Å². The molecule has 3 nitrogen and oxygen atoms in total. The lowest BCUT2D eigenvalue weighted by molar-refractivity contribution is 0.0696. The first kappa shape index (κ1) is 9.92. The Morgan fingerprint density at radius 2 is 1.85 bits per heavy atom. The highest BCUT2D eigenvalue weighted by Crippen LogP contribution is 2.22. The molecule has 0 aliphatic heterocycles. The predicted molar refractivity (Wildman–Crippen MR) is 51.1 cm³/mol. The molecule has 0 aliphatic rings. The largest absolute Gasteiger partial charge is 0.478 e. The quantitative estimate of drug-likeness (QED) is 0.811. The SMILES string of the molecule is CC(=O)c1cccc(C(=O)O)c1Br. The van der Waals surface area contributed by atoms with Gasteiger partial charge in [0.15, 0.2) is 5.78 Å². The van der Waals surface area contributed by atoms with E-state index in [1.807, 2.05) is 0 Å². The molecule has 1 rings (SSSR count). The molecule has 0 saturated carbocycles. The van der Waals surface area contributed by atoms with Gasteiger partial charge in [-0.3, -0.25) is 4.79 Å². The average molecular weight is 243 g/mol. The van der Waals surface area contributed by atoms with Crippen molar-refractivity contribution in [1.82, 2.24) is 0 Å². The molecule has 0 bridgehead atoms. The lowest BCUT2D eigenvalue weighted by Crippen LogP contribution is -2.02. The number of carbonyl (C=O) groups excluding carboxylic acids is 1. The summed E-state index contributed by atoms with van der Waals surface area (Å²) < 4.78 is 0.343. The van der Waals surface area contributed by atoms with E-state index in [4.69, 9.17) is 5.11 Å². The summed E-state index contributed by atoms with van der Waals surface area (Å²) in [6.07, 6.45) is 0. The van der Waals surface area contributed by atoms with Crippen molar-refractivity contribution in [1.29, 1.82) is 0 Å². The number of Topliss-reactive ketones (excluding diaryl/α,β-unsaturated/α-hetero) is 1. The first-order valence-electron chi connectivity index (χ1n) is 3.56. The second-order valence-electron chi connectivity index (χ2n) is 2.53. The van der Waals surface area contributed by atoms with Crippen LogP contribution in [0.5, 0.6) is 0 Å². The Hall–Kier alpha value is -1.16. The molecule has 68 valence electrons. The van der Waals surface area contributed by atoms with E-state index in [1.54, 1.807) is 12.1 Å². The molecule has 0 unspecified atom stereocenters. The van der Waals surface area contributed by atoms with Gasteiger partial charge in [-0.15, -0.1) is 0 Å². The molecule has 1 aromatic rings. The van der Waals surface area contributed by atoms with Crippen LogP contribution in [0.4, 0.5) is 0 Å². The second kappa shape index (κ2) is 3.70. The summed E-state index contributed by atoms with van der Waals surface area (Å²) in [4.78, 5) is 21.7. The van der Waals surface area contributed by atoms with Crippen LogP contribution in [-0.2, 0) is 0 Å². The fourth-order valence-corrected chi connectivity index (χ4v) is 1.68. The molecule has 0 aromatic heterocycles. The Bertz CT molecular complexity index is 339. The average Bonchev–Trinajstić information content (AvgIpc) is 2.03. The number of hydrogen-bond donors (Lipinski definition) is 1. The molecule has 0 amide bonds. The molecular weight excluding hydrogens is 236 g/mol. The number of ketones is 1. The highest BCUT2D eigenvalue weighted by molar-refractivity contribution is 9.10. The maximum atomic E-state index is 11.0. The minimum atomic E-state index is -1.05. The molecule has 1 N–H and O–H groups in total. The van der Waals surface area contributed by atoms with Gasteiger partial charge in [0.25, 0.3) is 0 Å². The number of hydrogen-bond acceptors (Lipinski definition) is 2. The number of carboxylic acids is 1. The zero-order valence-electron chi connectivity index (χ0n) is 6.87. The highest BCUT2D eigenvalue weighted by atomic mass is 79.9. The van der Waals surface area contributed by atoms with Crippen molar-refractivity contribution in [2.24, 2.45) is 0 Å². The Morgan fingerprint density at radius 3 is 2.31 bits per heavy atom. The highest BCUT2D eigenvalue weighted by Gasteiger charge is 2.13. The van der Waals surface area contributed by atoms with E-state index in [-0.39, 0.29) is 11.3 Å². The molecule has 0 radical (unpaired) electrons. The van der Waals surface area contributed by atoms with Crippen LogP contribution in [0.15, 0.2) is 22.7 Å². The molecule has 0 saturated heterocycles. The van der Waals surface area contributed by atoms with E-state index in [9.17, 15) is 9.59 Å². The number of carboxylic acid groups (broad SMARTS) is 1. The molecule has 0 heterocycles. The zero-order chi connectivity index (χ0) is 10.0. The van der Waals surface area contributed by atoms with Crippen molar-refractivity contribution in [3.05, 3.63) is 33.8 Å². The maximum Gasteiger partial charge on any atom is 0.336 e. The summed E-state index contributed by atoms with van der Waals surface area (Å²) in [5, 5.41) is 8.73. The summed E-state index contributed by atoms with van der Waals surface area (Å²) in [6.45, 7) is 1.39. The summed E-state index contributed by atoms with van der Waals surface area (Å²) in [7, 11) is 0. The van der Waals surface area contributed by atoms with Crippen LogP contribution in [0.3, 0.4) is 0 Å². The fraction of sp³-hybridized carbons (Fsp3) is 0.111. The topological polar surface area (TPSA) is 54.4 Å². The molecule has 0 fully saturated rings. The number of halogens is 1. The minimum absolute atomic E-state index is 0.104. The smallest absolute Gasteiger partial charge is 0.336 e. The third-order valence-corrected chi connectivity index (χ3v) is 2.46. The van der Waals surface area contributed by atoms with Gasteiger partial charge in [-0.05, 0) is 28.9 Å². The van der Waals surface area contributed by atoms with Crippen LogP contribution in [0.1, 0.15) is 27.6 Å². The molecule has 1 aromatic carbocycles. The molecule has 13 heavy (non-hydrogen) atoms. The summed E-state index contributed by atoms with van der Waals surface area (Å²) in [5.41, 5.74) is 0.493. The van der Waals surface area contributed by atoms with Gasteiger partial charge >= 0.3 is 5.97 Å². The molecule has 0 aliphatic carbocycles. The number of rotatable bonds is 2. The van der Waals surface area contributed by atoms with E-state index in [2.05, 4.69) is 15.9 Å². The lowest BCUT2D eigenvalue weighted by atomic mass is 10.1. The van der Waals surface area contributed by atoms with Crippen LogP contribution in [0.25, 0.3) is 0 Å². The van der Waals surface area contributed by atoms with Crippen molar-refractivity contribution in [3.63, 3.8) is 0 Å². The van der Waals surface area contributed by atoms with E-state index in [0.29, 0.717) is 10.0 Å². The van der Waals surface area contributed by atoms with Crippen molar-refractivity contribution >= 4 is 27.7 Å². The number of benzene rings is 1. The number of aromatic carboxylic acids is 1. The van der Waals surface area contributed by atoms with E-state index >= 15 is 0 Å². The van der Waals surface area contributed by atoms with Gasteiger partial charge in [0.2, 0.25) is 0 Å². The van der Waals surface area contributed by atoms with Crippen LogP contribution in [0, 0.1) is 0 Å². The lowest BCUT2D eigenvalue weighted by Gasteiger charge is -2.02. The van der Waals surface area contributed by atoms with Crippen molar-refractivity contribution in [3.8, 4) is 0 Å². The van der Waals surface area contributed by atoms with Gasteiger partial charge in [-0.25, -0.2) is 4.79 Å². The third-order valence-electron chi connectivity index (χ3n) is 1.61. The summed E-state index contributed by atoms with van der Waals surface area (Å²) >= 11 is 3.08. The second-order valence-corrected chi connectivity index (χ2v) is 3.32. The van der Waals surface area contributed by atoms with Gasteiger partial charge < -0.3 is 5.11 Å². The van der Waals surface area contributed by atoms with Gasteiger partial charge in [0.05, 0.1) is 5.56 Å². The predicted octanol–water partition coefficient (Wildman–Crippen LogP) is 2.35. The Balaban J connectivity index is 3.35. The maximum absolute atomic E-state index is 11.0. The normalized spacial score (nSPS) is 9.69. The third kappa shape index (κ3) is 1.95. The van der Waals surface area contributed by atoms with Crippen LogP contribution in [0.2, 0.25) is 0 Å². The summed E-state index contributed by atoms with van der Waals surface area (Å²) in [6, 6.07) is 4.57. The first-order chi connectivity index (χ1) is 6.04. The Morgan fingerprint density at radius 1 is 1.31 bits per heavy atom. The van der Waals surface area contributed by atoms with E-state index in [1.165, 1.54) is 13.0 Å². The van der Waals surface area contributed by atoms with Crippen molar-refractivity contribution in [2.45, 2.75) is 6.92 Å². The van der Waals surface area contributed by atoms with E-state index < -0.39 is 5.97 Å². The molecule has 0 atom stereocenters. The Kier molecular flexibility index (Phi) is 2.83. The van der Waals surface area contributed by atoms with E-state index in [0.717, 1.165) is 0 Å². The van der Waals surface area contributed by atoms with Crippen LogP contribution < -0.4 is 0 Å². The van der Waals surface area contributed by atoms with Gasteiger partial charge in [-0.1, -0.05) is 12.1 Å². The minimum Gasteiger partial charge on any atom is -0.478 e. The standard InChI is InChI=1S/C9H7BrO3/c1-5(11)6-3-2-4-7(8(6)10)9(12)13/h2-4H,1H3,(H,12,13). The van der Waals surface area contributed by atoms with Crippen LogP contribution >= 0.6 is 15.9 Å². The first-order valence-corrected chi connectivity index (χ1v) is 4.36. The van der Waals surface area contributed by atoms with Gasteiger partial charge in [0.1, 0.15) is 0 Å².